The first-order valence-corrected chi connectivity index (χ1v) is 3.40. The van der Waals surface area contributed by atoms with Gasteiger partial charge in [-0.15, -0.1) is 12.6 Å². The standard InChI is InChI=1S/C7H9NS/c1-2-6-3-7(9)5-8-4-6/h3-5,9H,2H2,1H3. The van der Waals surface area contributed by atoms with Crippen LogP contribution in [0.3, 0.4) is 0 Å². The number of hydrogen-bond acceptors (Lipinski definition) is 2. The molecule has 0 spiro atoms. The summed E-state index contributed by atoms with van der Waals surface area (Å²) >= 11 is 4.15. The quantitative estimate of drug-likeness (QED) is 0.587. The number of hydrogen-bond donors (Lipinski definition) is 1. The van der Waals surface area contributed by atoms with Crippen LogP contribution in [-0.2, 0) is 6.42 Å². The van der Waals surface area contributed by atoms with E-state index in [9.17, 15) is 0 Å². The highest BCUT2D eigenvalue weighted by molar-refractivity contribution is 7.80. The molecule has 2 heteroatoms. The molecule has 0 atom stereocenters. The van der Waals surface area contributed by atoms with Crippen molar-refractivity contribution in [2.45, 2.75) is 18.2 Å². The first-order valence-electron chi connectivity index (χ1n) is 2.96. The van der Waals surface area contributed by atoms with Crippen molar-refractivity contribution in [3.8, 4) is 0 Å². The van der Waals surface area contributed by atoms with Crippen LogP contribution in [-0.4, -0.2) is 4.98 Å². The Hall–Kier alpha value is -0.500. The molecule has 0 aliphatic heterocycles. The lowest BCUT2D eigenvalue weighted by molar-refractivity contribution is 1.08. The van der Waals surface area contributed by atoms with E-state index in [2.05, 4.69) is 24.5 Å². The highest BCUT2D eigenvalue weighted by atomic mass is 32.1. The third kappa shape index (κ3) is 1.72. The van der Waals surface area contributed by atoms with E-state index in [4.69, 9.17) is 0 Å². The average Bonchev–Trinajstić information content (AvgIpc) is 1.88. The molecule has 0 bridgehead atoms. The van der Waals surface area contributed by atoms with Gasteiger partial charge < -0.3 is 0 Å². The Morgan fingerprint density at radius 1 is 1.56 bits per heavy atom. The number of pyridine rings is 1. The van der Waals surface area contributed by atoms with E-state index < -0.39 is 0 Å². The molecule has 0 aliphatic carbocycles. The lowest BCUT2D eigenvalue weighted by atomic mass is 10.2. The molecule has 9 heavy (non-hydrogen) atoms. The van der Waals surface area contributed by atoms with Gasteiger partial charge in [0.2, 0.25) is 0 Å². The minimum absolute atomic E-state index is 0.939. The molecule has 0 N–H and O–H groups in total. The van der Waals surface area contributed by atoms with Crippen LogP contribution in [0.4, 0.5) is 0 Å². The van der Waals surface area contributed by atoms with Gasteiger partial charge in [0.1, 0.15) is 0 Å². The maximum atomic E-state index is 4.15. The van der Waals surface area contributed by atoms with Gasteiger partial charge in [-0.3, -0.25) is 4.98 Å². The van der Waals surface area contributed by atoms with Crippen molar-refractivity contribution in [1.29, 1.82) is 0 Å². The molecule has 0 aliphatic rings. The summed E-state index contributed by atoms with van der Waals surface area (Å²) in [5.41, 5.74) is 1.24. The van der Waals surface area contributed by atoms with Gasteiger partial charge in [-0.1, -0.05) is 6.92 Å². The van der Waals surface area contributed by atoms with Crippen LogP contribution >= 0.6 is 12.6 Å². The summed E-state index contributed by atoms with van der Waals surface area (Å²) in [7, 11) is 0. The van der Waals surface area contributed by atoms with E-state index in [0.29, 0.717) is 0 Å². The predicted molar refractivity (Wildman–Crippen MR) is 40.9 cm³/mol. The van der Waals surface area contributed by atoms with Gasteiger partial charge >= 0.3 is 0 Å². The molecule has 0 saturated heterocycles. The van der Waals surface area contributed by atoms with Crippen LogP contribution in [0.25, 0.3) is 0 Å². The Balaban J connectivity index is 2.94. The molecular weight excluding hydrogens is 130 g/mol. The van der Waals surface area contributed by atoms with Gasteiger partial charge in [0.05, 0.1) is 0 Å². The highest BCUT2D eigenvalue weighted by Gasteiger charge is 1.87. The smallest absolute Gasteiger partial charge is 0.0401 e. The maximum absolute atomic E-state index is 4.15. The van der Waals surface area contributed by atoms with Crippen molar-refractivity contribution in [2.24, 2.45) is 0 Å². The van der Waals surface area contributed by atoms with Gasteiger partial charge in [0.25, 0.3) is 0 Å². The Kier molecular flexibility index (Phi) is 2.11. The fourth-order valence-corrected chi connectivity index (χ4v) is 0.900. The number of nitrogens with zero attached hydrogens (tertiary/aromatic N) is 1. The molecule has 0 unspecified atom stereocenters. The van der Waals surface area contributed by atoms with Crippen molar-refractivity contribution in [2.75, 3.05) is 0 Å². The normalized spacial score (nSPS) is 9.56. The number of aryl methyl sites for hydroxylation is 1. The Morgan fingerprint density at radius 2 is 2.33 bits per heavy atom. The van der Waals surface area contributed by atoms with Crippen molar-refractivity contribution >= 4 is 12.6 Å². The maximum Gasteiger partial charge on any atom is 0.0401 e. The monoisotopic (exact) mass is 139 g/mol. The predicted octanol–water partition coefficient (Wildman–Crippen LogP) is 1.93. The molecule has 48 valence electrons. The zero-order chi connectivity index (χ0) is 6.69. The van der Waals surface area contributed by atoms with E-state index in [0.717, 1.165) is 11.3 Å². The zero-order valence-corrected chi connectivity index (χ0v) is 6.23. The Labute approximate surface area is 60.5 Å². The second-order valence-corrected chi connectivity index (χ2v) is 2.42. The molecule has 1 heterocycles. The fraction of sp³-hybridized carbons (Fsp3) is 0.286. The third-order valence-electron chi connectivity index (χ3n) is 1.19. The lowest BCUT2D eigenvalue weighted by Gasteiger charge is -1.93. The van der Waals surface area contributed by atoms with Crippen molar-refractivity contribution in [3.05, 3.63) is 24.0 Å². The van der Waals surface area contributed by atoms with Crippen molar-refractivity contribution in [3.63, 3.8) is 0 Å². The van der Waals surface area contributed by atoms with Crippen LogP contribution in [0.2, 0.25) is 0 Å². The summed E-state index contributed by atoms with van der Waals surface area (Å²) in [6, 6.07) is 2.02. The molecule has 0 radical (unpaired) electrons. The van der Waals surface area contributed by atoms with Gasteiger partial charge in [0.15, 0.2) is 0 Å². The highest BCUT2D eigenvalue weighted by Crippen LogP contribution is 2.05. The summed E-state index contributed by atoms with van der Waals surface area (Å²) in [6.07, 6.45) is 4.63. The van der Waals surface area contributed by atoms with E-state index >= 15 is 0 Å². The Bertz CT molecular complexity index is 198. The van der Waals surface area contributed by atoms with E-state index in [1.165, 1.54) is 5.56 Å². The summed E-state index contributed by atoms with van der Waals surface area (Å²) in [6.45, 7) is 2.10. The largest absolute Gasteiger partial charge is 0.263 e. The fourth-order valence-electron chi connectivity index (χ4n) is 0.667. The molecular formula is C7H9NS. The van der Waals surface area contributed by atoms with Gasteiger partial charge in [-0.05, 0) is 18.1 Å². The van der Waals surface area contributed by atoms with Crippen molar-refractivity contribution in [1.82, 2.24) is 4.98 Å². The first-order chi connectivity index (χ1) is 4.33. The number of aromatic nitrogens is 1. The van der Waals surface area contributed by atoms with E-state index in [1.54, 1.807) is 6.20 Å². The van der Waals surface area contributed by atoms with Gasteiger partial charge in [-0.25, -0.2) is 0 Å². The summed E-state index contributed by atoms with van der Waals surface area (Å²) in [4.78, 5) is 4.92. The molecule has 0 amide bonds. The van der Waals surface area contributed by atoms with Crippen molar-refractivity contribution < 1.29 is 0 Å². The minimum Gasteiger partial charge on any atom is -0.263 e. The van der Waals surface area contributed by atoms with E-state index in [1.807, 2.05) is 12.3 Å². The van der Waals surface area contributed by atoms with Crippen LogP contribution in [0.1, 0.15) is 12.5 Å². The number of rotatable bonds is 1. The van der Waals surface area contributed by atoms with E-state index in [-0.39, 0.29) is 0 Å². The van der Waals surface area contributed by atoms with Crippen LogP contribution in [0.5, 0.6) is 0 Å². The molecule has 1 rings (SSSR count). The minimum atomic E-state index is 0.939. The Morgan fingerprint density at radius 3 is 2.78 bits per heavy atom. The first kappa shape index (κ1) is 6.62. The van der Waals surface area contributed by atoms with Gasteiger partial charge in [-0.2, -0.15) is 0 Å². The zero-order valence-electron chi connectivity index (χ0n) is 5.33. The average molecular weight is 139 g/mol. The molecule has 0 aromatic carbocycles. The molecule has 1 nitrogen and oxygen atoms in total. The van der Waals surface area contributed by atoms with Gasteiger partial charge in [0, 0.05) is 17.3 Å². The van der Waals surface area contributed by atoms with Crippen LogP contribution in [0.15, 0.2) is 23.4 Å². The SMILES string of the molecule is CCc1cncc(S)c1. The lowest BCUT2D eigenvalue weighted by Crippen LogP contribution is -1.80. The molecule has 1 aromatic rings. The summed E-state index contributed by atoms with van der Waals surface area (Å²) in [5.74, 6) is 0. The molecule has 1 aromatic heterocycles. The van der Waals surface area contributed by atoms with Crippen LogP contribution in [0, 0.1) is 0 Å². The second kappa shape index (κ2) is 2.87. The number of thiol groups is 1. The molecule has 0 saturated carbocycles. The summed E-state index contributed by atoms with van der Waals surface area (Å²) in [5, 5.41) is 0. The summed E-state index contributed by atoms with van der Waals surface area (Å²) < 4.78 is 0. The topological polar surface area (TPSA) is 12.9 Å². The van der Waals surface area contributed by atoms with Crippen LogP contribution < -0.4 is 0 Å². The second-order valence-electron chi connectivity index (χ2n) is 1.90. The third-order valence-corrected chi connectivity index (χ3v) is 1.43. The molecule has 0 fully saturated rings.